The summed E-state index contributed by atoms with van der Waals surface area (Å²) in [5.41, 5.74) is 11.4. The number of H-pyrrole nitrogens is 1. The molecule has 0 fully saturated rings. The average molecular weight is 351 g/mol. The van der Waals surface area contributed by atoms with E-state index in [2.05, 4.69) is 20.5 Å². The van der Waals surface area contributed by atoms with Gasteiger partial charge >= 0.3 is 0 Å². The maximum absolute atomic E-state index is 9.59. The van der Waals surface area contributed by atoms with E-state index >= 15 is 0 Å². The van der Waals surface area contributed by atoms with Crippen LogP contribution >= 0.6 is 0 Å². The van der Waals surface area contributed by atoms with Crippen molar-refractivity contribution in [3.05, 3.63) is 59.8 Å². The molecule has 1 heterocycles. The minimum atomic E-state index is 0.207. The quantitative estimate of drug-likeness (QED) is 0.310. The zero-order valence-corrected chi connectivity index (χ0v) is 14.4. The van der Waals surface area contributed by atoms with E-state index in [0.717, 1.165) is 34.2 Å². The lowest BCUT2D eigenvalue weighted by Gasteiger charge is -2.03. The Balaban J connectivity index is 1.55. The van der Waals surface area contributed by atoms with E-state index in [-0.39, 0.29) is 11.7 Å². The van der Waals surface area contributed by atoms with E-state index in [4.69, 9.17) is 10.5 Å². The smallest absolute Gasteiger partial charge is 0.209 e. The molecule has 7 nitrogen and oxygen atoms in total. The lowest BCUT2D eigenvalue weighted by atomic mass is 10.1. The van der Waals surface area contributed by atoms with Crippen LogP contribution in [-0.2, 0) is 6.42 Å². The highest BCUT2D eigenvalue weighted by atomic mass is 16.5. The number of nitrogens with one attached hydrogen (secondary N) is 2. The van der Waals surface area contributed by atoms with Gasteiger partial charge in [-0.25, -0.2) is 5.43 Å². The number of hydrogen-bond acceptors (Lipinski definition) is 4. The fraction of sp³-hybridized carbons (Fsp3) is 0.158. The molecule has 0 bridgehead atoms. The van der Waals surface area contributed by atoms with Crippen LogP contribution in [0.2, 0.25) is 0 Å². The Kier molecular flexibility index (Phi) is 5.38. The Morgan fingerprint density at radius 1 is 1.31 bits per heavy atom. The van der Waals surface area contributed by atoms with Crippen LogP contribution in [0, 0.1) is 0 Å². The Morgan fingerprint density at radius 2 is 2.19 bits per heavy atom. The van der Waals surface area contributed by atoms with Gasteiger partial charge in [-0.3, -0.25) is 4.99 Å². The highest BCUT2D eigenvalue weighted by Crippen LogP contribution is 2.21. The molecule has 3 rings (SSSR count). The van der Waals surface area contributed by atoms with Gasteiger partial charge in [-0.2, -0.15) is 5.10 Å². The number of aromatic nitrogens is 1. The number of hydrazone groups is 1. The van der Waals surface area contributed by atoms with Gasteiger partial charge in [0.25, 0.3) is 0 Å². The molecule has 0 spiro atoms. The third kappa shape index (κ3) is 4.32. The number of phenolic OH excluding ortho intramolecular Hbond substituents is 1. The largest absolute Gasteiger partial charge is 0.508 e. The van der Waals surface area contributed by atoms with Gasteiger partial charge < -0.3 is 20.6 Å². The topological polar surface area (TPSA) is 108 Å². The standard InChI is InChI=1S/C19H21N5O2/c1-26-16-4-2-3-13(9-16)7-8-21-19(20)24-23-12-14-11-22-18-6-5-15(25)10-17(14)18/h2-6,9-12,22,25H,7-8H2,1H3,(H3,20,21,24)/b23-12+. The van der Waals surface area contributed by atoms with Crippen LogP contribution in [0.1, 0.15) is 11.1 Å². The van der Waals surface area contributed by atoms with E-state index in [0.29, 0.717) is 6.54 Å². The van der Waals surface area contributed by atoms with Crippen molar-refractivity contribution in [2.24, 2.45) is 15.8 Å². The molecular formula is C19H21N5O2. The number of rotatable bonds is 6. The number of phenols is 1. The summed E-state index contributed by atoms with van der Waals surface area (Å²) < 4.78 is 5.20. The molecule has 0 saturated heterocycles. The van der Waals surface area contributed by atoms with Crippen molar-refractivity contribution in [1.29, 1.82) is 0 Å². The third-order valence-corrected chi connectivity index (χ3v) is 3.90. The first kappa shape index (κ1) is 17.3. The second-order valence-corrected chi connectivity index (χ2v) is 5.71. The number of methoxy groups -OCH3 is 1. The average Bonchev–Trinajstić information content (AvgIpc) is 3.04. The number of aromatic amines is 1. The molecule has 26 heavy (non-hydrogen) atoms. The van der Waals surface area contributed by atoms with Crippen LogP contribution < -0.4 is 15.9 Å². The maximum atomic E-state index is 9.59. The molecule has 2 aromatic carbocycles. The van der Waals surface area contributed by atoms with Gasteiger partial charge in [0.05, 0.1) is 13.3 Å². The minimum absolute atomic E-state index is 0.207. The Hall–Kier alpha value is -3.48. The van der Waals surface area contributed by atoms with Gasteiger partial charge in [0.1, 0.15) is 11.5 Å². The van der Waals surface area contributed by atoms with Crippen LogP contribution in [-0.4, -0.2) is 35.9 Å². The number of fused-ring (bicyclic) bond motifs is 1. The molecule has 3 aromatic rings. The van der Waals surface area contributed by atoms with Crippen LogP contribution in [0.15, 0.2) is 58.8 Å². The van der Waals surface area contributed by atoms with Crippen molar-refractivity contribution in [2.75, 3.05) is 13.7 Å². The van der Waals surface area contributed by atoms with Gasteiger partial charge in [-0.05, 0) is 42.3 Å². The number of aliphatic imine (C=N–C) groups is 1. The van der Waals surface area contributed by atoms with E-state index in [1.54, 1.807) is 25.5 Å². The van der Waals surface area contributed by atoms with Gasteiger partial charge in [0.2, 0.25) is 5.96 Å². The van der Waals surface area contributed by atoms with Gasteiger partial charge in [-0.15, -0.1) is 0 Å². The zero-order chi connectivity index (χ0) is 18.4. The van der Waals surface area contributed by atoms with E-state index in [9.17, 15) is 5.11 Å². The zero-order valence-electron chi connectivity index (χ0n) is 14.4. The van der Waals surface area contributed by atoms with E-state index in [1.807, 2.05) is 36.5 Å². The summed E-state index contributed by atoms with van der Waals surface area (Å²) in [5, 5.41) is 14.6. The summed E-state index contributed by atoms with van der Waals surface area (Å²) in [6, 6.07) is 13.0. The van der Waals surface area contributed by atoms with Crippen molar-refractivity contribution in [3.8, 4) is 11.5 Å². The molecule has 134 valence electrons. The van der Waals surface area contributed by atoms with Crippen LogP contribution in [0.5, 0.6) is 11.5 Å². The number of benzene rings is 2. The molecular weight excluding hydrogens is 330 g/mol. The highest BCUT2D eigenvalue weighted by molar-refractivity contribution is 5.99. The summed E-state index contributed by atoms with van der Waals surface area (Å²) in [7, 11) is 1.65. The van der Waals surface area contributed by atoms with E-state index < -0.39 is 0 Å². The minimum Gasteiger partial charge on any atom is -0.508 e. The van der Waals surface area contributed by atoms with Crippen molar-refractivity contribution in [2.45, 2.75) is 6.42 Å². The molecule has 0 aliphatic heterocycles. The highest BCUT2D eigenvalue weighted by Gasteiger charge is 2.02. The number of aromatic hydroxyl groups is 1. The summed E-state index contributed by atoms with van der Waals surface area (Å²) in [6.45, 7) is 0.544. The number of nitrogens with zero attached hydrogens (tertiary/aromatic N) is 2. The van der Waals surface area contributed by atoms with Crippen LogP contribution in [0.25, 0.3) is 10.9 Å². The lowest BCUT2D eigenvalue weighted by Crippen LogP contribution is -2.27. The molecule has 5 N–H and O–H groups in total. The first-order valence-electron chi connectivity index (χ1n) is 8.18. The van der Waals surface area contributed by atoms with Crippen LogP contribution in [0.3, 0.4) is 0 Å². The van der Waals surface area contributed by atoms with Gasteiger partial charge in [0.15, 0.2) is 0 Å². The number of ether oxygens (including phenoxy) is 1. The number of guanidine groups is 1. The fourth-order valence-electron chi connectivity index (χ4n) is 2.57. The molecule has 0 radical (unpaired) electrons. The summed E-state index contributed by atoms with van der Waals surface area (Å²) >= 11 is 0. The van der Waals surface area contributed by atoms with Crippen molar-refractivity contribution in [3.63, 3.8) is 0 Å². The second-order valence-electron chi connectivity index (χ2n) is 5.71. The second kappa shape index (κ2) is 8.06. The fourth-order valence-corrected chi connectivity index (χ4v) is 2.57. The maximum Gasteiger partial charge on any atom is 0.209 e. The monoisotopic (exact) mass is 351 g/mol. The number of hydrogen-bond donors (Lipinski definition) is 4. The molecule has 0 atom stereocenters. The first-order valence-corrected chi connectivity index (χ1v) is 8.18. The Morgan fingerprint density at radius 3 is 3.04 bits per heavy atom. The van der Waals surface area contributed by atoms with Gasteiger partial charge in [-0.1, -0.05) is 12.1 Å². The molecule has 0 unspecified atom stereocenters. The van der Waals surface area contributed by atoms with Crippen molar-refractivity contribution >= 4 is 23.1 Å². The Bertz CT molecular complexity index is 946. The molecule has 1 aromatic heterocycles. The summed E-state index contributed by atoms with van der Waals surface area (Å²) in [6.07, 6.45) is 4.19. The molecule has 7 heteroatoms. The molecule has 0 aliphatic rings. The first-order chi connectivity index (χ1) is 12.7. The van der Waals surface area contributed by atoms with Crippen molar-refractivity contribution in [1.82, 2.24) is 10.4 Å². The molecule has 0 amide bonds. The normalized spacial score (nSPS) is 12.0. The molecule has 0 saturated carbocycles. The van der Waals surface area contributed by atoms with E-state index in [1.165, 1.54) is 0 Å². The Labute approximate surface area is 151 Å². The SMILES string of the molecule is COc1cccc(CCN=C(N)N/N=C/c2c[nH]c3ccc(O)cc23)c1. The van der Waals surface area contributed by atoms with Crippen molar-refractivity contribution < 1.29 is 9.84 Å². The molecule has 0 aliphatic carbocycles. The third-order valence-electron chi connectivity index (χ3n) is 3.90. The lowest BCUT2D eigenvalue weighted by molar-refractivity contribution is 0.414. The predicted octanol–water partition coefficient (Wildman–Crippen LogP) is 2.36. The summed E-state index contributed by atoms with van der Waals surface area (Å²) in [4.78, 5) is 7.36. The number of nitrogens with two attached hydrogens (primary N) is 1. The predicted molar refractivity (Wildman–Crippen MR) is 104 cm³/mol. The van der Waals surface area contributed by atoms with Crippen LogP contribution in [0.4, 0.5) is 0 Å². The summed E-state index contributed by atoms with van der Waals surface area (Å²) in [5.74, 6) is 1.28. The van der Waals surface area contributed by atoms with Gasteiger partial charge in [0, 0.05) is 29.2 Å².